The van der Waals surface area contributed by atoms with Crippen molar-refractivity contribution < 1.29 is 4.79 Å². The minimum Gasteiger partial charge on any atom is -0.310 e. The van der Waals surface area contributed by atoms with Gasteiger partial charge < -0.3 is 5.32 Å². The fourth-order valence-corrected chi connectivity index (χ4v) is 1.91. The fraction of sp³-hybridized carbons (Fsp3) is 0.100. The molecule has 0 aliphatic carbocycles. The molecule has 0 aliphatic rings. The van der Waals surface area contributed by atoms with Crippen LogP contribution in [-0.4, -0.2) is 15.9 Å². The second kappa shape index (κ2) is 5.05. The standard InChI is InChI=1S/C10H8ClN3OS/c11-7-1-2-12-8(5-7)14-9(15)6-10-13-3-4-16-10/h1-5H,6H2,(H,12,14,15). The van der Waals surface area contributed by atoms with Crippen LogP contribution in [0, 0.1) is 0 Å². The van der Waals surface area contributed by atoms with Gasteiger partial charge in [-0.3, -0.25) is 4.79 Å². The van der Waals surface area contributed by atoms with E-state index in [2.05, 4.69) is 15.3 Å². The molecule has 1 amide bonds. The molecule has 0 aromatic carbocycles. The Morgan fingerprint density at radius 1 is 1.44 bits per heavy atom. The van der Waals surface area contributed by atoms with Crippen LogP contribution in [0.4, 0.5) is 5.82 Å². The Bertz CT molecular complexity index is 487. The molecular formula is C10H8ClN3OS. The van der Waals surface area contributed by atoms with Crippen LogP contribution >= 0.6 is 22.9 Å². The second-order valence-corrected chi connectivity index (χ2v) is 4.43. The molecule has 16 heavy (non-hydrogen) atoms. The van der Waals surface area contributed by atoms with Crippen LogP contribution in [0.25, 0.3) is 0 Å². The molecule has 2 rings (SSSR count). The lowest BCUT2D eigenvalue weighted by Gasteiger charge is -2.02. The van der Waals surface area contributed by atoms with Crippen LogP contribution in [0.1, 0.15) is 5.01 Å². The number of anilines is 1. The molecule has 0 bridgehead atoms. The van der Waals surface area contributed by atoms with E-state index in [0.29, 0.717) is 10.8 Å². The van der Waals surface area contributed by atoms with E-state index in [4.69, 9.17) is 11.6 Å². The number of amides is 1. The van der Waals surface area contributed by atoms with Crippen LogP contribution in [0.3, 0.4) is 0 Å². The lowest BCUT2D eigenvalue weighted by Crippen LogP contribution is -2.15. The summed E-state index contributed by atoms with van der Waals surface area (Å²) >= 11 is 7.22. The van der Waals surface area contributed by atoms with Gasteiger partial charge >= 0.3 is 0 Å². The Morgan fingerprint density at radius 3 is 3.00 bits per heavy atom. The maximum atomic E-state index is 11.6. The highest BCUT2D eigenvalue weighted by molar-refractivity contribution is 7.09. The van der Waals surface area contributed by atoms with E-state index in [0.717, 1.165) is 5.01 Å². The molecule has 0 spiro atoms. The number of nitrogens with zero attached hydrogens (tertiary/aromatic N) is 2. The van der Waals surface area contributed by atoms with Gasteiger partial charge in [-0.05, 0) is 12.1 Å². The van der Waals surface area contributed by atoms with Crippen LogP contribution < -0.4 is 5.32 Å². The molecule has 2 aromatic rings. The summed E-state index contributed by atoms with van der Waals surface area (Å²) in [4.78, 5) is 19.6. The third-order valence-corrected chi connectivity index (χ3v) is 2.80. The van der Waals surface area contributed by atoms with Crippen molar-refractivity contribution in [1.82, 2.24) is 9.97 Å². The predicted octanol–water partition coefficient (Wildman–Crippen LogP) is 2.37. The van der Waals surface area contributed by atoms with Gasteiger partial charge in [0.15, 0.2) is 0 Å². The van der Waals surface area contributed by atoms with Gasteiger partial charge in [-0.1, -0.05) is 11.6 Å². The predicted molar refractivity (Wildman–Crippen MR) is 63.7 cm³/mol. The zero-order valence-corrected chi connectivity index (χ0v) is 9.76. The van der Waals surface area contributed by atoms with Crippen molar-refractivity contribution in [3.8, 4) is 0 Å². The molecule has 0 saturated carbocycles. The van der Waals surface area contributed by atoms with Gasteiger partial charge in [0.2, 0.25) is 5.91 Å². The van der Waals surface area contributed by atoms with E-state index in [1.807, 2.05) is 5.38 Å². The van der Waals surface area contributed by atoms with Crippen LogP contribution in [0.15, 0.2) is 29.9 Å². The molecule has 0 saturated heterocycles. The average Bonchev–Trinajstić information content (AvgIpc) is 2.70. The van der Waals surface area contributed by atoms with Gasteiger partial charge in [0.05, 0.1) is 6.42 Å². The van der Waals surface area contributed by atoms with E-state index < -0.39 is 0 Å². The van der Waals surface area contributed by atoms with Crippen molar-refractivity contribution in [2.75, 3.05) is 5.32 Å². The number of carbonyl (C=O) groups excluding carboxylic acids is 1. The summed E-state index contributed by atoms with van der Waals surface area (Å²) in [7, 11) is 0. The molecule has 4 nitrogen and oxygen atoms in total. The minimum atomic E-state index is -0.148. The molecular weight excluding hydrogens is 246 g/mol. The summed E-state index contributed by atoms with van der Waals surface area (Å²) in [6.45, 7) is 0. The Balaban J connectivity index is 1.97. The zero-order chi connectivity index (χ0) is 11.4. The Labute approximate surface area is 101 Å². The molecule has 0 radical (unpaired) electrons. The van der Waals surface area contributed by atoms with Crippen LogP contribution in [0.2, 0.25) is 5.02 Å². The molecule has 0 aliphatic heterocycles. The van der Waals surface area contributed by atoms with Crippen molar-refractivity contribution in [3.05, 3.63) is 39.9 Å². The zero-order valence-electron chi connectivity index (χ0n) is 8.18. The van der Waals surface area contributed by atoms with E-state index in [9.17, 15) is 4.79 Å². The summed E-state index contributed by atoms with van der Waals surface area (Å²) in [6.07, 6.45) is 3.47. The first-order valence-electron chi connectivity index (χ1n) is 4.54. The minimum absolute atomic E-state index is 0.148. The first-order chi connectivity index (χ1) is 7.74. The lowest BCUT2D eigenvalue weighted by atomic mass is 10.4. The van der Waals surface area contributed by atoms with Crippen LogP contribution in [-0.2, 0) is 11.2 Å². The number of hydrogen-bond donors (Lipinski definition) is 1. The highest BCUT2D eigenvalue weighted by Crippen LogP contribution is 2.12. The van der Waals surface area contributed by atoms with Gasteiger partial charge in [0.1, 0.15) is 10.8 Å². The number of hydrogen-bond acceptors (Lipinski definition) is 4. The topological polar surface area (TPSA) is 54.9 Å². The average molecular weight is 254 g/mol. The van der Waals surface area contributed by atoms with Gasteiger partial charge in [-0.25, -0.2) is 9.97 Å². The highest BCUT2D eigenvalue weighted by atomic mass is 35.5. The van der Waals surface area contributed by atoms with Gasteiger partial charge in [-0.15, -0.1) is 11.3 Å². The van der Waals surface area contributed by atoms with Crippen molar-refractivity contribution >= 4 is 34.7 Å². The SMILES string of the molecule is O=C(Cc1nccs1)Nc1cc(Cl)ccn1. The molecule has 2 heterocycles. The number of carbonyl (C=O) groups is 1. The summed E-state index contributed by atoms with van der Waals surface area (Å²) < 4.78 is 0. The van der Waals surface area contributed by atoms with Crippen molar-refractivity contribution in [3.63, 3.8) is 0 Å². The van der Waals surface area contributed by atoms with Crippen molar-refractivity contribution in [1.29, 1.82) is 0 Å². The Morgan fingerprint density at radius 2 is 2.31 bits per heavy atom. The van der Waals surface area contributed by atoms with E-state index in [1.165, 1.54) is 11.3 Å². The van der Waals surface area contributed by atoms with Crippen molar-refractivity contribution in [2.45, 2.75) is 6.42 Å². The summed E-state index contributed by atoms with van der Waals surface area (Å²) in [5.41, 5.74) is 0. The second-order valence-electron chi connectivity index (χ2n) is 3.01. The summed E-state index contributed by atoms with van der Waals surface area (Å²) in [6, 6.07) is 3.25. The Kier molecular flexibility index (Phi) is 3.48. The summed E-state index contributed by atoms with van der Waals surface area (Å²) in [5, 5.41) is 5.81. The molecule has 1 N–H and O–H groups in total. The molecule has 82 valence electrons. The van der Waals surface area contributed by atoms with E-state index in [1.54, 1.807) is 24.5 Å². The third kappa shape index (κ3) is 3.01. The van der Waals surface area contributed by atoms with E-state index in [-0.39, 0.29) is 12.3 Å². The number of rotatable bonds is 3. The largest absolute Gasteiger partial charge is 0.310 e. The first kappa shape index (κ1) is 11.0. The van der Waals surface area contributed by atoms with Crippen molar-refractivity contribution in [2.24, 2.45) is 0 Å². The first-order valence-corrected chi connectivity index (χ1v) is 5.79. The Hall–Kier alpha value is -1.46. The number of halogens is 1. The molecule has 2 aromatic heterocycles. The smallest absolute Gasteiger partial charge is 0.232 e. The van der Waals surface area contributed by atoms with Gasteiger partial charge in [0.25, 0.3) is 0 Å². The molecule has 6 heteroatoms. The maximum Gasteiger partial charge on any atom is 0.232 e. The van der Waals surface area contributed by atoms with E-state index >= 15 is 0 Å². The monoisotopic (exact) mass is 253 g/mol. The quantitative estimate of drug-likeness (QED) is 0.914. The van der Waals surface area contributed by atoms with Crippen LogP contribution in [0.5, 0.6) is 0 Å². The number of pyridine rings is 1. The lowest BCUT2D eigenvalue weighted by molar-refractivity contribution is -0.115. The molecule has 0 fully saturated rings. The normalized spacial score (nSPS) is 10.1. The van der Waals surface area contributed by atoms with Gasteiger partial charge in [-0.2, -0.15) is 0 Å². The third-order valence-electron chi connectivity index (χ3n) is 1.78. The maximum absolute atomic E-state index is 11.6. The number of nitrogens with one attached hydrogen (secondary N) is 1. The molecule has 0 atom stereocenters. The number of thiazole rings is 1. The van der Waals surface area contributed by atoms with Gasteiger partial charge in [0, 0.05) is 22.8 Å². The highest BCUT2D eigenvalue weighted by Gasteiger charge is 2.06. The fourth-order valence-electron chi connectivity index (χ4n) is 1.14. The summed E-state index contributed by atoms with van der Waals surface area (Å²) in [5.74, 6) is 0.304. The number of aromatic nitrogens is 2. The molecule has 0 unspecified atom stereocenters.